The predicted molar refractivity (Wildman–Crippen MR) is 67.1 cm³/mol. The van der Waals surface area contributed by atoms with Gasteiger partial charge in [0.1, 0.15) is 0 Å². The minimum atomic E-state index is -3.54. The number of aliphatic hydroxyl groups excluding tert-OH is 1. The molecule has 0 aliphatic rings. The Morgan fingerprint density at radius 3 is 2.65 bits per heavy atom. The summed E-state index contributed by atoms with van der Waals surface area (Å²) in [5, 5.41) is 8.73. The summed E-state index contributed by atoms with van der Waals surface area (Å²) in [6.45, 7) is 3.41. The van der Waals surface area contributed by atoms with Crippen LogP contribution >= 0.6 is 0 Å². The highest BCUT2D eigenvalue weighted by Crippen LogP contribution is 2.17. The Kier molecular flexibility index (Phi) is 4.50. The maximum Gasteiger partial charge on any atom is 0.240 e. The Labute approximate surface area is 102 Å². The molecule has 0 heterocycles. The van der Waals surface area contributed by atoms with Gasteiger partial charge >= 0.3 is 0 Å². The van der Waals surface area contributed by atoms with Crippen LogP contribution in [0.25, 0.3) is 0 Å². The second-order valence-electron chi connectivity index (χ2n) is 4.05. The second-order valence-corrected chi connectivity index (χ2v) is 5.77. The number of anilines is 1. The molecule has 96 valence electrons. The highest BCUT2D eigenvalue weighted by Gasteiger charge is 2.17. The predicted octanol–water partition coefficient (Wildman–Crippen LogP) is 0.626. The molecule has 0 amide bonds. The van der Waals surface area contributed by atoms with Crippen LogP contribution in [0.3, 0.4) is 0 Å². The van der Waals surface area contributed by atoms with Gasteiger partial charge in [0, 0.05) is 18.3 Å². The molecule has 0 bridgehead atoms. The van der Waals surface area contributed by atoms with Crippen LogP contribution in [0.15, 0.2) is 23.1 Å². The lowest BCUT2D eigenvalue weighted by Crippen LogP contribution is -2.33. The normalized spacial score (nSPS) is 13.6. The van der Waals surface area contributed by atoms with E-state index in [4.69, 9.17) is 10.8 Å². The van der Waals surface area contributed by atoms with Crippen LogP contribution in [0.2, 0.25) is 0 Å². The Balaban J connectivity index is 2.93. The molecule has 0 aliphatic carbocycles. The third-order valence-corrected chi connectivity index (χ3v) is 4.06. The van der Waals surface area contributed by atoms with E-state index in [9.17, 15) is 8.42 Å². The van der Waals surface area contributed by atoms with Crippen LogP contribution in [0.5, 0.6) is 0 Å². The van der Waals surface area contributed by atoms with E-state index in [1.54, 1.807) is 19.9 Å². The Morgan fingerprint density at radius 1 is 1.47 bits per heavy atom. The van der Waals surface area contributed by atoms with Crippen molar-refractivity contribution < 1.29 is 13.5 Å². The average Bonchev–Trinajstić information content (AvgIpc) is 2.21. The minimum Gasteiger partial charge on any atom is -0.399 e. The van der Waals surface area contributed by atoms with Crippen molar-refractivity contribution in [2.75, 3.05) is 12.3 Å². The van der Waals surface area contributed by atoms with E-state index in [0.29, 0.717) is 12.1 Å². The van der Waals surface area contributed by atoms with Crippen LogP contribution in [-0.2, 0) is 10.0 Å². The summed E-state index contributed by atoms with van der Waals surface area (Å²) in [5.74, 6) is 0. The van der Waals surface area contributed by atoms with E-state index in [0.717, 1.165) is 5.56 Å². The summed E-state index contributed by atoms with van der Waals surface area (Å²) in [5.41, 5.74) is 6.92. The number of rotatable bonds is 5. The SMILES string of the molecule is Cc1cc(S(=O)(=O)NC(C)CCO)ccc1N. The molecule has 1 rings (SSSR count). The first-order valence-corrected chi connectivity index (χ1v) is 6.84. The zero-order valence-corrected chi connectivity index (χ0v) is 10.8. The zero-order chi connectivity index (χ0) is 13.1. The Morgan fingerprint density at radius 2 is 2.12 bits per heavy atom. The van der Waals surface area contributed by atoms with Gasteiger partial charge in [-0.3, -0.25) is 0 Å². The quantitative estimate of drug-likeness (QED) is 0.675. The lowest BCUT2D eigenvalue weighted by molar-refractivity contribution is 0.275. The highest BCUT2D eigenvalue weighted by molar-refractivity contribution is 7.89. The molecule has 0 radical (unpaired) electrons. The van der Waals surface area contributed by atoms with Gasteiger partial charge in [-0.15, -0.1) is 0 Å². The van der Waals surface area contributed by atoms with E-state index in [1.165, 1.54) is 12.1 Å². The van der Waals surface area contributed by atoms with Crippen molar-refractivity contribution in [2.24, 2.45) is 0 Å². The first-order valence-electron chi connectivity index (χ1n) is 5.36. The number of nitrogens with one attached hydrogen (secondary N) is 1. The van der Waals surface area contributed by atoms with Crippen molar-refractivity contribution in [3.63, 3.8) is 0 Å². The molecule has 5 nitrogen and oxygen atoms in total. The van der Waals surface area contributed by atoms with Crippen molar-refractivity contribution in [1.82, 2.24) is 4.72 Å². The summed E-state index contributed by atoms with van der Waals surface area (Å²) >= 11 is 0. The number of aliphatic hydroxyl groups is 1. The number of hydrogen-bond acceptors (Lipinski definition) is 4. The van der Waals surface area contributed by atoms with Gasteiger partial charge in [-0.2, -0.15) is 0 Å². The molecule has 0 saturated heterocycles. The fourth-order valence-electron chi connectivity index (χ4n) is 1.40. The molecule has 4 N–H and O–H groups in total. The number of benzene rings is 1. The van der Waals surface area contributed by atoms with Crippen LogP contribution in [0.4, 0.5) is 5.69 Å². The van der Waals surface area contributed by atoms with Crippen LogP contribution in [0.1, 0.15) is 18.9 Å². The van der Waals surface area contributed by atoms with Gasteiger partial charge in [0.25, 0.3) is 0 Å². The molecule has 6 heteroatoms. The number of aryl methyl sites for hydroxylation is 1. The van der Waals surface area contributed by atoms with Gasteiger partial charge in [-0.05, 0) is 44.0 Å². The molecule has 0 aliphatic heterocycles. The molecular weight excluding hydrogens is 240 g/mol. The molecule has 0 aromatic heterocycles. The van der Waals surface area contributed by atoms with E-state index in [2.05, 4.69) is 4.72 Å². The van der Waals surface area contributed by atoms with Crippen molar-refractivity contribution in [3.8, 4) is 0 Å². The summed E-state index contributed by atoms with van der Waals surface area (Å²) < 4.78 is 26.4. The number of nitrogens with two attached hydrogens (primary N) is 1. The molecule has 0 saturated carbocycles. The standard InChI is InChI=1S/C11H18N2O3S/c1-8-7-10(3-4-11(8)12)17(15,16)13-9(2)5-6-14/h3-4,7,9,13-14H,5-6,12H2,1-2H3. The molecule has 1 aromatic carbocycles. The van der Waals surface area contributed by atoms with E-state index in [1.807, 2.05) is 0 Å². The smallest absolute Gasteiger partial charge is 0.240 e. The lowest BCUT2D eigenvalue weighted by Gasteiger charge is -2.13. The summed E-state index contributed by atoms with van der Waals surface area (Å²) in [6.07, 6.45) is 0.382. The molecule has 17 heavy (non-hydrogen) atoms. The number of hydrogen-bond donors (Lipinski definition) is 3. The molecule has 0 fully saturated rings. The van der Waals surface area contributed by atoms with E-state index < -0.39 is 10.0 Å². The second kappa shape index (κ2) is 5.48. The molecular formula is C11H18N2O3S. The molecule has 0 spiro atoms. The fourth-order valence-corrected chi connectivity index (χ4v) is 2.76. The van der Waals surface area contributed by atoms with Crippen molar-refractivity contribution >= 4 is 15.7 Å². The average molecular weight is 258 g/mol. The first-order chi connectivity index (χ1) is 7.86. The van der Waals surface area contributed by atoms with Crippen molar-refractivity contribution in [3.05, 3.63) is 23.8 Å². The van der Waals surface area contributed by atoms with E-state index >= 15 is 0 Å². The molecule has 1 atom stereocenters. The lowest BCUT2D eigenvalue weighted by atomic mass is 10.2. The monoisotopic (exact) mass is 258 g/mol. The number of nitrogen functional groups attached to an aromatic ring is 1. The summed E-state index contributed by atoms with van der Waals surface area (Å²) in [7, 11) is -3.54. The van der Waals surface area contributed by atoms with Gasteiger partial charge < -0.3 is 10.8 Å². The van der Waals surface area contributed by atoms with Crippen LogP contribution < -0.4 is 10.5 Å². The third-order valence-electron chi connectivity index (χ3n) is 2.47. The fraction of sp³-hybridized carbons (Fsp3) is 0.455. The topological polar surface area (TPSA) is 92.4 Å². The van der Waals surface area contributed by atoms with Gasteiger partial charge in [0.05, 0.1) is 4.90 Å². The van der Waals surface area contributed by atoms with Crippen LogP contribution in [-0.4, -0.2) is 26.2 Å². The first kappa shape index (κ1) is 14.0. The summed E-state index contributed by atoms with van der Waals surface area (Å²) in [4.78, 5) is 0.189. The molecule has 1 aromatic rings. The van der Waals surface area contributed by atoms with Crippen LogP contribution in [0, 0.1) is 6.92 Å². The van der Waals surface area contributed by atoms with Crippen molar-refractivity contribution in [2.45, 2.75) is 31.2 Å². The Bertz CT molecular complexity index is 485. The van der Waals surface area contributed by atoms with Gasteiger partial charge in [-0.25, -0.2) is 13.1 Å². The van der Waals surface area contributed by atoms with E-state index in [-0.39, 0.29) is 17.5 Å². The largest absolute Gasteiger partial charge is 0.399 e. The summed E-state index contributed by atoms with van der Waals surface area (Å²) in [6, 6.07) is 4.27. The third kappa shape index (κ3) is 3.69. The Hall–Kier alpha value is -1.11. The number of sulfonamides is 1. The minimum absolute atomic E-state index is 0.0511. The highest BCUT2D eigenvalue weighted by atomic mass is 32.2. The van der Waals surface area contributed by atoms with Gasteiger partial charge in [0.2, 0.25) is 10.0 Å². The van der Waals surface area contributed by atoms with Crippen molar-refractivity contribution in [1.29, 1.82) is 0 Å². The van der Waals surface area contributed by atoms with Gasteiger partial charge in [-0.1, -0.05) is 0 Å². The van der Waals surface area contributed by atoms with Gasteiger partial charge in [0.15, 0.2) is 0 Å². The molecule has 1 unspecified atom stereocenters. The zero-order valence-electron chi connectivity index (χ0n) is 9.97. The maximum absolute atomic E-state index is 11.9. The maximum atomic E-state index is 11.9.